The lowest BCUT2D eigenvalue weighted by Gasteiger charge is -2.50. The van der Waals surface area contributed by atoms with Crippen molar-refractivity contribution in [1.82, 2.24) is 15.2 Å². The van der Waals surface area contributed by atoms with Crippen molar-refractivity contribution in [2.24, 2.45) is 5.16 Å². The minimum absolute atomic E-state index is 0. The molecule has 0 radical (unpaired) electrons. The molecule has 92 heavy (non-hydrogen) atoms. The first-order valence-electron chi connectivity index (χ1n) is 30.0. The van der Waals surface area contributed by atoms with Crippen LogP contribution in [0.1, 0.15) is 44.6 Å². The van der Waals surface area contributed by atoms with Crippen molar-refractivity contribution in [3.05, 3.63) is 359 Å². The molecular formula is C77H63IN5O6PS2. The van der Waals surface area contributed by atoms with E-state index in [4.69, 9.17) is 24.5 Å². The van der Waals surface area contributed by atoms with E-state index in [1.165, 1.54) is 28.0 Å². The van der Waals surface area contributed by atoms with E-state index in [1.54, 1.807) is 12.5 Å². The number of oxime groups is 1. The van der Waals surface area contributed by atoms with Gasteiger partial charge < -0.3 is 48.9 Å². The number of hydrogen-bond acceptors (Lipinski definition) is 11. The quantitative estimate of drug-likeness (QED) is 0.0130. The van der Waals surface area contributed by atoms with Crippen molar-refractivity contribution < 1.29 is 52.7 Å². The summed E-state index contributed by atoms with van der Waals surface area (Å²) >= 11 is 2.81. The van der Waals surface area contributed by atoms with E-state index in [9.17, 15) is 0 Å². The Kier molecular flexibility index (Phi) is 19.4. The average Bonchev–Trinajstić information content (AvgIpc) is 0.817. The summed E-state index contributed by atoms with van der Waals surface area (Å²) in [5.74, 6) is -0.808. The summed E-state index contributed by atoms with van der Waals surface area (Å²) in [5, 5.41) is 16.9. The summed E-state index contributed by atoms with van der Waals surface area (Å²) in [5.41, 5.74) is 4.51. The van der Waals surface area contributed by atoms with Gasteiger partial charge in [-0.05, 0) is 70.8 Å². The molecule has 11 nitrogen and oxygen atoms in total. The molecule has 3 heterocycles. The van der Waals surface area contributed by atoms with Gasteiger partial charge in [-0.15, -0.1) is 23.1 Å². The number of thioether (sulfide) groups is 1. The maximum Gasteiger partial charge on any atom is 0.355 e. The second kappa shape index (κ2) is 28.4. The number of thiazole rings is 1. The zero-order valence-corrected chi connectivity index (χ0v) is 54.8. The predicted octanol–water partition coefficient (Wildman–Crippen LogP) is 10.7. The minimum Gasteiger partial charge on any atom is -1.00 e. The molecule has 0 aliphatic carbocycles. The molecule has 0 unspecified atom stereocenters. The summed E-state index contributed by atoms with van der Waals surface area (Å²) in [4.78, 5) is 60.4. The van der Waals surface area contributed by atoms with E-state index < -0.39 is 47.6 Å². The van der Waals surface area contributed by atoms with E-state index in [0.717, 1.165) is 60.4 Å². The van der Waals surface area contributed by atoms with Gasteiger partial charge in [0.2, 0.25) is 5.60 Å². The molecule has 2 amide bonds. The molecule has 10 aromatic carbocycles. The molecule has 2 aliphatic rings. The minimum atomic E-state index is -2.61. The van der Waals surface area contributed by atoms with Gasteiger partial charge in [-0.3, -0.25) is 14.5 Å². The summed E-state index contributed by atoms with van der Waals surface area (Å²) in [6.45, 7) is -0.0557. The number of β-lactam (4-membered cyclic amide) rings is 1. The highest BCUT2D eigenvalue weighted by Gasteiger charge is 2.57. The van der Waals surface area contributed by atoms with E-state index in [2.05, 4.69) is 120 Å². The number of halogens is 1. The maximum atomic E-state index is 15.8. The van der Waals surface area contributed by atoms with Crippen molar-refractivity contribution in [3.8, 4) is 5.75 Å². The largest absolute Gasteiger partial charge is 1.00 e. The molecule has 1 fully saturated rings. The van der Waals surface area contributed by atoms with Crippen LogP contribution in [-0.4, -0.2) is 63.8 Å². The third kappa shape index (κ3) is 12.3. The Labute approximate surface area is 561 Å². The Morgan fingerprint density at radius 3 is 1.41 bits per heavy atom. The van der Waals surface area contributed by atoms with Gasteiger partial charge >= 0.3 is 5.97 Å². The number of rotatable bonds is 22. The lowest BCUT2D eigenvalue weighted by atomic mass is 9.77. The second-order valence-corrected chi connectivity index (χ2v) is 27.5. The normalized spacial score (nSPS) is 14.8. The van der Waals surface area contributed by atoms with Crippen LogP contribution in [0.5, 0.6) is 5.75 Å². The first kappa shape index (κ1) is 62.7. The van der Waals surface area contributed by atoms with Crippen LogP contribution in [0.2, 0.25) is 0 Å². The Bertz CT molecular complexity index is 4060. The zero-order valence-electron chi connectivity index (χ0n) is 50.1. The fourth-order valence-corrected chi connectivity index (χ4v) is 18.9. The molecule has 2 atom stereocenters. The number of carbonyl (C=O) groups excluding carboxylic acids is 3. The molecule has 456 valence electrons. The van der Waals surface area contributed by atoms with Crippen LogP contribution in [0.4, 0.5) is 5.13 Å². The Balaban J connectivity index is 0.00000816. The number of methoxy groups -OCH3 is 1. The first-order chi connectivity index (χ1) is 44.8. The van der Waals surface area contributed by atoms with Gasteiger partial charge in [0.25, 0.3) is 11.8 Å². The number of nitrogens with one attached hydrogen (secondary N) is 2. The van der Waals surface area contributed by atoms with Crippen LogP contribution in [0.25, 0.3) is 0 Å². The van der Waals surface area contributed by atoms with Gasteiger partial charge in [-0.1, -0.05) is 254 Å². The lowest BCUT2D eigenvalue weighted by Crippen LogP contribution is -3.00. The van der Waals surface area contributed by atoms with Gasteiger partial charge in [0.1, 0.15) is 63.9 Å². The third-order valence-electron chi connectivity index (χ3n) is 16.8. The number of amides is 2. The predicted molar refractivity (Wildman–Crippen MR) is 367 cm³/mol. The van der Waals surface area contributed by atoms with Gasteiger partial charge in [0, 0.05) is 33.4 Å². The number of anilines is 1. The number of fused-ring (bicyclic) bond motifs is 1. The van der Waals surface area contributed by atoms with Crippen LogP contribution in [0.3, 0.4) is 0 Å². The Morgan fingerprint density at radius 2 is 0.989 bits per heavy atom. The van der Waals surface area contributed by atoms with Crippen LogP contribution in [-0.2, 0) is 41.7 Å². The third-order valence-corrected chi connectivity index (χ3v) is 23.3. The van der Waals surface area contributed by atoms with E-state index in [0.29, 0.717) is 22.8 Å². The van der Waals surface area contributed by atoms with E-state index in [1.807, 2.05) is 188 Å². The van der Waals surface area contributed by atoms with Crippen molar-refractivity contribution in [1.29, 1.82) is 0 Å². The molecule has 0 spiro atoms. The zero-order chi connectivity index (χ0) is 62.0. The van der Waals surface area contributed by atoms with E-state index in [-0.39, 0.29) is 47.7 Å². The van der Waals surface area contributed by atoms with Gasteiger partial charge in [0.05, 0.1) is 13.3 Å². The topological polar surface area (TPSA) is 131 Å². The molecule has 11 aromatic rings. The van der Waals surface area contributed by atoms with Gasteiger partial charge in [-0.25, -0.2) is 9.78 Å². The SMILES string of the molecule is COc1ccc(COC(=O)C2=C(C[P+](c3ccccc3)(c3ccccc3)c3ccccc3)CS[C@@H]3[C@H](NC(=O)/C(=N\OC(c4ccccc4)(c4ccccc4)c4ccccc4)c4csc(NC(c5ccccc5)(c5ccccc5)c5ccccc5)n4)C(=O)N23)cc1.[I-]. The van der Waals surface area contributed by atoms with E-state index >= 15 is 14.4 Å². The summed E-state index contributed by atoms with van der Waals surface area (Å²) in [6.07, 6.45) is 0.430. The molecule has 2 aliphatic heterocycles. The smallest absolute Gasteiger partial charge is 0.355 e. The summed E-state index contributed by atoms with van der Waals surface area (Å²) in [7, 11) is -1.01. The highest BCUT2D eigenvalue weighted by molar-refractivity contribution is 8.00. The molecule has 15 heteroatoms. The number of aromatic nitrogens is 1. The maximum absolute atomic E-state index is 15.8. The number of nitrogens with zero attached hydrogens (tertiary/aromatic N) is 3. The highest BCUT2D eigenvalue weighted by Crippen LogP contribution is 2.58. The molecule has 0 saturated carbocycles. The molecule has 2 N–H and O–H groups in total. The number of esters is 1. The van der Waals surface area contributed by atoms with Crippen LogP contribution in [0, 0.1) is 0 Å². The lowest BCUT2D eigenvalue weighted by molar-refractivity contribution is -0.153. The first-order valence-corrected chi connectivity index (χ1v) is 33.9. The monoisotopic (exact) mass is 1380 g/mol. The molecule has 0 bridgehead atoms. The van der Waals surface area contributed by atoms with Crippen LogP contribution in [0.15, 0.2) is 319 Å². The Morgan fingerprint density at radius 1 is 0.576 bits per heavy atom. The van der Waals surface area contributed by atoms with Gasteiger partial charge in [-0.2, -0.15) is 0 Å². The summed E-state index contributed by atoms with van der Waals surface area (Å²) in [6, 6.07) is 97.5. The Hall–Kier alpha value is -9.44. The molecule has 1 saturated heterocycles. The molecule has 1 aromatic heterocycles. The van der Waals surface area contributed by atoms with Crippen molar-refractivity contribution in [3.63, 3.8) is 0 Å². The fourth-order valence-electron chi connectivity index (χ4n) is 12.4. The standard InChI is InChI=1S/C77H62N5O6PS2.HI/c1-86-63-49-47-55(48-50-63)51-87-74(85)70-56(52-89(64-41-23-8-24-42-64,65-43-25-9-26-44-65)66-45-27-10-28-46-66)53-90-73-69(72(84)82(70)73)79-71(83)68(81-88-77(60-35-17-5-18-36-60,61-37-19-6-20-38-61)62-39-21-7-22-40-62)67-54-91-75(78-67)80-76(57-29-11-2-12-30-57,58-31-13-3-14-32-58)59-33-15-4-16-34-59;/h2-50,54,69,73H,51-53H2,1H3,(H-,78,79,80,83);1H/b81-68-;/t69-,73-;/m1./s1. The number of hydrogen-bond donors (Lipinski definition) is 2. The van der Waals surface area contributed by atoms with Crippen molar-refractivity contribution in [2.45, 2.75) is 29.2 Å². The summed E-state index contributed by atoms with van der Waals surface area (Å²) < 4.78 is 11.7. The fraction of sp³-hybridized carbons (Fsp3) is 0.104. The number of ether oxygens (including phenoxy) is 2. The second-order valence-electron chi connectivity index (χ2n) is 22.0. The molecule has 13 rings (SSSR count). The van der Waals surface area contributed by atoms with Crippen molar-refractivity contribution in [2.75, 3.05) is 24.3 Å². The van der Waals surface area contributed by atoms with Crippen molar-refractivity contribution >= 4 is 74.9 Å². The highest BCUT2D eigenvalue weighted by atomic mass is 127. The van der Waals surface area contributed by atoms with Crippen LogP contribution < -0.4 is 55.3 Å². The molecular weight excluding hydrogens is 1310 g/mol. The number of carbonyl (C=O) groups is 3. The average molecular weight is 1380 g/mol. The number of benzene rings is 10. The van der Waals surface area contributed by atoms with Crippen LogP contribution >= 0.6 is 30.4 Å². The van der Waals surface area contributed by atoms with Gasteiger partial charge in [0.15, 0.2) is 10.8 Å².